The van der Waals surface area contributed by atoms with E-state index in [1.807, 2.05) is 13.8 Å². The molecule has 5 rings (SSSR count). The van der Waals surface area contributed by atoms with Crippen molar-refractivity contribution >= 4 is 38.2 Å². The molecule has 1 aliphatic carbocycles. The van der Waals surface area contributed by atoms with Gasteiger partial charge in [0.15, 0.2) is 5.75 Å². The van der Waals surface area contributed by atoms with Crippen molar-refractivity contribution in [3.8, 4) is 23.1 Å². The van der Waals surface area contributed by atoms with Gasteiger partial charge in [-0.2, -0.15) is 5.26 Å². The van der Waals surface area contributed by atoms with Gasteiger partial charge in [-0.15, -0.1) is 0 Å². The Morgan fingerprint density at radius 3 is 2.67 bits per heavy atom. The van der Waals surface area contributed by atoms with Gasteiger partial charge in [0.2, 0.25) is 21.8 Å². The molecule has 10 nitrogen and oxygen atoms in total. The van der Waals surface area contributed by atoms with E-state index in [0.29, 0.717) is 28.7 Å². The third-order valence-corrected chi connectivity index (χ3v) is 8.31. The monoisotopic (exact) mass is 552 g/mol. The summed E-state index contributed by atoms with van der Waals surface area (Å²) in [5, 5.41) is 12.8. The highest BCUT2D eigenvalue weighted by Crippen LogP contribution is 2.55. The van der Waals surface area contributed by atoms with Crippen LogP contribution in [0.5, 0.6) is 5.88 Å². The van der Waals surface area contributed by atoms with E-state index < -0.39 is 27.0 Å². The predicted octanol–water partition coefficient (Wildman–Crippen LogP) is 3.48. The molecule has 12 heteroatoms. The Kier molecular flexibility index (Phi) is 6.90. The first-order chi connectivity index (χ1) is 18.6. The molecule has 0 bridgehead atoms. The lowest BCUT2D eigenvalue weighted by atomic mass is 9.64. The van der Waals surface area contributed by atoms with Crippen LogP contribution in [0.25, 0.3) is 22.0 Å². The fourth-order valence-electron chi connectivity index (χ4n) is 5.28. The Labute approximate surface area is 226 Å². The number of pyridine rings is 2. The van der Waals surface area contributed by atoms with Crippen molar-refractivity contribution in [2.75, 3.05) is 35.6 Å². The molecule has 1 aromatic carbocycles. The summed E-state index contributed by atoms with van der Waals surface area (Å²) in [4.78, 5) is 23.5. The molecule has 1 aliphatic heterocycles. The zero-order valence-electron chi connectivity index (χ0n) is 21.9. The van der Waals surface area contributed by atoms with E-state index in [1.165, 1.54) is 18.3 Å². The van der Waals surface area contributed by atoms with Crippen LogP contribution in [0.3, 0.4) is 0 Å². The topological polar surface area (TPSA) is 137 Å². The van der Waals surface area contributed by atoms with E-state index in [9.17, 15) is 13.2 Å². The Morgan fingerprint density at radius 2 is 2.00 bits per heavy atom. The predicted molar refractivity (Wildman–Crippen MR) is 146 cm³/mol. The lowest BCUT2D eigenvalue weighted by Gasteiger charge is -2.37. The summed E-state index contributed by atoms with van der Waals surface area (Å²) < 4.78 is 48.3. The number of rotatable bonds is 9. The Balaban J connectivity index is 1.59. The van der Waals surface area contributed by atoms with E-state index in [1.54, 1.807) is 30.3 Å². The largest absolute Gasteiger partial charge is 0.475 e. The van der Waals surface area contributed by atoms with Gasteiger partial charge in [0.25, 0.3) is 0 Å². The van der Waals surface area contributed by atoms with Gasteiger partial charge < -0.3 is 15.0 Å². The second kappa shape index (κ2) is 10.1. The van der Waals surface area contributed by atoms with Crippen molar-refractivity contribution in [1.82, 2.24) is 15.3 Å². The fourth-order valence-corrected chi connectivity index (χ4v) is 6.01. The number of nitriles is 1. The second-order valence-corrected chi connectivity index (χ2v) is 11.9. The molecule has 1 fully saturated rings. The lowest BCUT2D eigenvalue weighted by Crippen LogP contribution is -2.43. The number of hydrogen-bond acceptors (Lipinski definition) is 8. The Bertz CT molecular complexity index is 1610. The van der Waals surface area contributed by atoms with Gasteiger partial charge in [-0.1, -0.05) is 20.3 Å². The van der Waals surface area contributed by atoms with Crippen molar-refractivity contribution in [2.45, 2.75) is 44.6 Å². The van der Waals surface area contributed by atoms with E-state index in [0.717, 1.165) is 24.8 Å². The van der Waals surface area contributed by atoms with E-state index >= 15 is 4.39 Å². The average molecular weight is 553 g/mol. The maximum atomic E-state index is 15.4. The van der Waals surface area contributed by atoms with Crippen LogP contribution >= 0.6 is 0 Å². The summed E-state index contributed by atoms with van der Waals surface area (Å²) in [7, 11) is -2.29. The zero-order chi connectivity index (χ0) is 27.9. The minimum absolute atomic E-state index is 0.00594. The molecule has 2 aromatic heterocycles. The number of nitrogens with one attached hydrogen (secondary N) is 2. The second-order valence-electron chi connectivity index (χ2n) is 10.2. The highest BCUT2D eigenvalue weighted by Gasteiger charge is 2.54. The number of likely N-dealkylation sites (N-methyl/N-ethyl adjacent to an activating group) is 1. The molecule has 3 aromatic rings. The van der Waals surface area contributed by atoms with Crippen molar-refractivity contribution in [3.63, 3.8) is 0 Å². The van der Waals surface area contributed by atoms with Crippen LogP contribution in [0.1, 0.15) is 38.7 Å². The summed E-state index contributed by atoms with van der Waals surface area (Å²) in [6.45, 7) is 4.68. The molecule has 2 aliphatic rings. The molecule has 0 atom stereocenters. The number of halogens is 1. The SMILES string of the molecule is CC(C)NCCOc1ncc(-c2cc3c4c(cnc3cc2F)N(C)C(=O)C42CCC2)cc1NS(=O)(=O)CC#N. The molecule has 3 heterocycles. The molecule has 1 amide bonds. The Hall–Kier alpha value is -3.82. The summed E-state index contributed by atoms with van der Waals surface area (Å²) in [5.41, 5.74) is 1.85. The molecule has 1 spiro atoms. The fraction of sp³-hybridized carbons (Fsp3) is 0.407. The van der Waals surface area contributed by atoms with Crippen LogP contribution < -0.4 is 19.7 Å². The number of nitrogens with zero attached hydrogens (tertiary/aromatic N) is 4. The molecule has 0 unspecified atom stereocenters. The van der Waals surface area contributed by atoms with Gasteiger partial charge in [0, 0.05) is 54.0 Å². The van der Waals surface area contributed by atoms with Gasteiger partial charge in [-0.05, 0) is 25.0 Å². The average Bonchev–Trinajstić information content (AvgIpc) is 3.09. The number of sulfonamides is 1. The number of fused-ring (bicyclic) bond motifs is 4. The van der Waals surface area contributed by atoms with Crippen LogP contribution in [0, 0.1) is 17.1 Å². The molecule has 1 saturated carbocycles. The number of carbonyl (C=O) groups excluding carboxylic acids is 1. The van der Waals surface area contributed by atoms with Crippen molar-refractivity contribution in [1.29, 1.82) is 5.26 Å². The number of ether oxygens (including phenoxy) is 1. The lowest BCUT2D eigenvalue weighted by molar-refractivity contribution is -0.125. The normalized spacial score (nSPS) is 15.9. The highest BCUT2D eigenvalue weighted by atomic mass is 32.2. The third-order valence-electron chi connectivity index (χ3n) is 7.27. The number of amides is 1. The third kappa shape index (κ3) is 4.77. The first-order valence-electron chi connectivity index (χ1n) is 12.7. The summed E-state index contributed by atoms with van der Waals surface area (Å²) in [6.07, 6.45) is 5.40. The minimum atomic E-state index is -4.02. The standard InChI is InChI=1S/C27H29FN6O4S/c1-16(2)30-8-9-38-25-22(33-39(36,37)10-7-29)11-17(14-32-25)18-12-19-21(13-20(18)28)31-15-23-24(19)27(5-4-6-27)26(35)34(23)3/h11-16,30,33H,4-6,8-10H2,1-3H3. The maximum Gasteiger partial charge on any atom is 0.246 e. The van der Waals surface area contributed by atoms with E-state index in [4.69, 9.17) is 10.00 Å². The van der Waals surface area contributed by atoms with Crippen molar-refractivity contribution in [2.24, 2.45) is 0 Å². The molecule has 2 N–H and O–H groups in total. The van der Waals surface area contributed by atoms with Gasteiger partial charge in [-0.25, -0.2) is 17.8 Å². The van der Waals surface area contributed by atoms with E-state index in [2.05, 4.69) is 20.0 Å². The van der Waals surface area contributed by atoms with Crippen LogP contribution in [0.15, 0.2) is 30.6 Å². The van der Waals surface area contributed by atoms with Crippen LogP contribution in [0.2, 0.25) is 0 Å². The van der Waals surface area contributed by atoms with Gasteiger partial charge in [-0.3, -0.25) is 14.5 Å². The molecule has 0 radical (unpaired) electrons. The summed E-state index contributed by atoms with van der Waals surface area (Å²) >= 11 is 0. The van der Waals surface area contributed by atoms with Gasteiger partial charge in [0.1, 0.15) is 18.1 Å². The minimum Gasteiger partial charge on any atom is -0.475 e. The number of benzene rings is 1. The quantitative estimate of drug-likeness (QED) is 0.385. The number of carbonyl (C=O) groups is 1. The first-order valence-corrected chi connectivity index (χ1v) is 14.4. The number of anilines is 2. The zero-order valence-corrected chi connectivity index (χ0v) is 22.7. The van der Waals surface area contributed by atoms with Gasteiger partial charge >= 0.3 is 0 Å². The smallest absolute Gasteiger partial charge is 0.246 e. The molecule has 204 valence electrons. The summed E-state index contributed by atoms with van der Waals surface area (Å²) in [6, 6.07) is 6.26. The molecular weight excluding hydrogens is 523 g/mol. The van der Waals surface area contributed by atoms with Crippen LogP contribution in [0.4, 0.5) is 15.8 Å². The van der Waals surface area contributed by atoms with Crippen LogP contribution in [-0.4, -0.2) is 56.3 Å². The number of aromatic nitrogens is 2. The first kappa shape index (κ1) is 26.8. The van der Waals surface area contributed by atoms with Crippen LogP contribution in [-0.2, 0) is 20.2 Å². The van der Waals surface area contributed by atoms with Gasteiger partial charge in [0.05, 0.1) is 28.9 Å². The maximum absolute atomic E-state index is 15.4. The number of hydrogen-bond donors (Lipinski definition) is 2. The van der Waals surface area contributed by atoms with Crippen molar-refractivity contribution < 1.29 is 22.3 Å². The highest BCUT2D eigenvalue weighted by molar-refractivity contribution is 7.92. The molecule has 39 heavy (non-hydrogen) atoms. The summed E-state index contributed by atoms with van der Waals surface area (Å²) in [5.74, 6) is -1.31. The van der Waals surface area contributed by atoms with Crippen molar-refractivity contribution in [3.05, 3.63) is 42.0 Å². The Morgan fingerprint density at radius 1 is 1.23 bits per heavy atom. The van der Waals surface area contributed by atoms with E-state index in [-0.39, 0.29) is 35.7 Å². The molecular formula is C27H29FN6O4S. The molecule has 0 saturated heterocycles.